The van der Waals surface area contributed by atoms with Gasteiger partial charge in [0.05, 0.1) is 5.71 Å². The van der Waals surface area contributed by atoms with Gasteiger partial charge < -0.3 is 4.84 Å². The summed E-state index contributed by atoms with van der Waals surface area (Å²) in [6.07, 6.45) is 3.67. The van der Waals surface area contributed by atoms with Crippen LogP contribution in [0.2, 0.25) is 0 Å². The predicted molar refractivity (Wildman–Crippen MR) is 42.1 cm³/mol. The minimum atomic E-state index is -0.318. The maximum absolute atomic E-state index is 8.46. The van der Waals surface area contributed by atoms with Gasteiger partial charge in [0, 0.05) is 6.42 Å². The summed E-state index contributed by atoms with van der Waals surface area (Å²) in [4.78, 5) is 4.84. The normalized spacial score (nSPS) is 22.2. The molecule has 0 bridgehead atoms. The molecule has 0 aromatic carbocycles. The van der Waals surface area contributed by atoms with Gasteiger partial charge in [0.25, 0.3) is 0 Å². The summed E-state index contributed by atoms with van der Waals surface area (Å²) in [6.45, 7) is 2.14. The quantitative estimate of drug-likeness (QED) is 0.619. The van der Waals surface area contributed by atoms with Gasteiger partial charge in [0.1, 0.15) is 6.07 Å². The van der Waals surface area contributed by atoms with Crippen LogP contribution >= 0.6 is 0 Å². The van der Waals surface area contributed by atoms with Crippen LogP contribution in [-0.4, -0.2) is 11.8 Å². The van der Waals surface area contributed by atoms with Gasteiger partial charge in [-0.15, -0.1) is 0 Å². The topological polar surface area (TPSA) is 45.4 Å². The van der Waals surface area contributed by atoms with E-state index in [2.05, 4.69) is 12.1 Å². The molecular formula is C8H12N2O. The Morgan fingerprint density at radius 1 is 1.82 bits per heavy atom. The van der Waals surface area contributed by atoms with Gasteiger partial charge in [-0.05, 0) is 12.8 Å². The lowest BCUT2D eigenvalue weighted by molar-refractivity contribution is 0.125. The molecule has 1 atom stereocenters. The van der Waals surface area contributed by atoms with Gasteiger partial charge in [-0.3, -0.25) is 0 Å². The first-order valence-corrected chi connectivity index (χ1v) is 3.98. The van der Waals surface area contributed by atoms with Crippen LogP contribution in [0.25, 0.3) is 0 Å². The largest absolute Gasteiger partial charge is 0.377 e. The predicted octanol–water partition coefficient (Wildman–Crippen LogP) is 1.85. The second kappa shape index (κ2) is 3.97. The van der Waals surface area contributed by atoms with E-state index >= 15 is 0 Å². The molecule has 0 aromatic rings. The third-order valence-electron chi connectivity index (χ3n) is 1.69. The standard InChI is InChI=1S/C8H12N2O/c1-2-3-4-7-5-8(6-9)11-10-7/h8H,2-5H2,1H3. The molecule has 60 valence electrons. The summed E-state index contributed by atoms with van der Waals surface area (Å²) >= 11 is 0. The van der Waals surface area contributed by atoms with Crippen molar-refractivity contribution in [3.05, 3.63) is 0 Å². The second-order valence-electron chi connectivity index (χ2n) is 2.69. The van der Waals surface area contributed by atoms with Gasteiger partial charge >= 0.3 is 0 Å². The zero-order valence-electron chi connectivity index (χ0n) is 6.71. The number of rotatable bonds is 3. The molecule has 0 N–H and O–H groups in total. The Morgan fingerprint density at radius 2 is 2.64 bits per heavy atom. The van der Waals surface area contributed by atoms with Crippen molar-refractivity contribution < 1.29 is 4.84 Å². The van der Waals surface area contributed by atoms with E-state index in [1.807, 2.05) is 6.07 Å². The lowest BCUT2D eigenvalue weighted by Gasteiger charge is -1.94. The van der Waals surface area contributed by atoms with Crippen LogP contribution in [0.1, 0.15) is 32.6 Å². The van der Waals surface area contributed by atoms with Gasteiger partial charge in [0.2, 0.25) is 6.10 Å². The zero-order chi connectivity index (χ0) is 8.10. The van der Waals surface area contributed by atoms with E-state index in [0.29, 0.717) is 6.42 Å². The van der Waals surface area contributed by atoms with Gasteiger partial charge in [0.15, 0.2) is 0 Å². The van der Waals surface area contributed by atoms with Gasteiger partial charge in [-0.1, -0.05) is 18.5 Å². The second-order valence-corrected chi connectivity index (χ2v) is 2.69. The van der Waals surface area contributed by atoms with Crippen LogP contribution in [0.4, 0.5) is 0 Å². The molecule has 0 aromatic heterocycles. The summed E-state index contributed by atoms with van der Waals surface area (Å²) in [5.41, 5.74) is 1.04. The molecule has 0 saturated carbocycles. The number of nitrogens with zero attached hydrogens (tertiary/aromatic N) is 2. The minimum Gasteiger partial charge on any atom is -0.377 e. The molecule has 1 unspecified atom stereocenters. The Kier molecular flexibility index (Phi) is 2.91. The lowest BCUT2D eigenvalue weighted by atomic mass is 10.1. The van der Waals surface area contributed by atoms with Crippen molar-refractivity contribution >= 4 is 5.71 Å². The molecule has 0 amide bonds. The van der Waals surface area contributed by atoms with Crippen LogP contribution < -0.4 is 0 Å². The van der Waals surface area contributed by atoms with Crippen molar-refractivity contribution in [1.82, 2.24) is 0 Å². The molecule has 1 rings (SSSR count). The van der Waals surface area contributed by atoms with Crippen LogP contribution in [0, 0.1) is 11.3 Å². The van der Waals surface area contributed by atoms with Crippen molar-refractivity contribution in [3.63, 3.8) is 0 Å². The monoisotopic (exact) mass is 152 g/mol. The maximum atomic E-state index is 8.46. The van der Waals surface area contributed by atoms with Crippen molar-refractivity contribution in [2.24, 2.45) is 5.16 Å². The zero-order valence-corrected chi connectivity index (χ0v) is 6.71. The fourth-order valence-electron chi connectivity index (χ4n) is 1.02. The first-order valence-electron chi connectivity index (χ1n) is 3.98. The van der Waals surface area contributed by atoms with E-state index in [4.69, 9.17) is 10.1 Å². The fraction of sp³-hybridized carbons (Fsp3) is 0.750. The van der Waals surface area contributed by atoms with Crippen LogP contribution in [0.3, 0.4) is 0 Å². The number of unbranched alkanes of at least 4 members (excludes halogenated alkanes) is 1. The highest BCUT2D eigenvalue weighted by atomic mass is 16.6. The first kappa shape index (κ1) is 8.06. The van der Waals surface area contributed by atoms with E-state index in [9.17, 15) is 0 Å². The number of nitriles is 1. The van der Waals surface area contributed by atoms with Gasteiger partial charge in [-0.25, -0.2) is 0 Å². The third kappa shape index (κ3) is 2.23. The molecular weight excluding hydrogens is 140 g/mol. The Bertz CT molecular complexity index is 193. The molecule has 3 heteroatoms. The SMILES string of the molecule is CCCCC1=NOC(C#N)C1. The lowest BCUT2D eigenvalue weighted by Crippen LogP contribution is -2.03. The Labute approximate surface area is 66.6 Å². The molecule has 11 heavy (non-hydrogen) atoms. The number of hydrogen-bond donors (Lipinski definition) is 0. The van der Waals surface area contributed by atoms with Crippen LogP contribution in [0.15, 0.2) is 5.16 Å². The van der Waals surface area contributed by atoms with Crippen molar-refractivity contribution in [1.29, 1.82) is 5.26 Å². The summed E-state index contributed by atoms with van der Waals surface area (Å²) in [5, 5.41) is 12.3. The highest BCUT2D eigenvalue weighted by molar-refractivity contribution is 5.85. The van der Waals surface area contributed by atoms with Crippen molar-refractivity contribution in [2.75, 3.05) is 0 Å². The van der Waals surface area contributed by atoms with Gasteiger partial charge in [-0.2, -0.15) is 5.26 Å². The number of oxime groups is 1. The molecule has 0 aliphatic carbocycles. The van der Waals surface area contributed by atoms with Crippen molar-refractivity contribution in [3.8, 4) is 6.07 Å². The fourth-order valence-corrected chi connectivity index (χ4v) is 1.02. The van der Waals surface area contributed by atoms with E-state index in [0.717, 1.165) is 25.0 Å². The maximum Gasteiger partial charge on any atom is 0.217 e. The van der Waals surface area contributed by atoms with Crippen LogP contribution in [-0.2, 0) is 4.84 Å². The van der Waals surface area contributed by atoms with Crippen molar-refractivity contribution in [2.45, 2.75) is 38.7 Å². The van der Waals surface area contributed by atoms with E-state index < -0.39 is 0 Å². The molecule has 1 heterocycles. The van der Waals surface area contributed by atoms with E-state index in [-0.39, 0.29) is 6.10 Å². The van der Waals surface area contributed by atoms with E-state index in [1.165, 1.54) is 0 Å². The summed E-state index contributed by atoms with van der Waals surface area (Å²) in [5.74, 6) is 0. The summed E-state index contributed by atoms with van der Waals surface area (Å²) in [6, 6.07) is 2.03. The van der Waals surface area contributed by atoms with E-state index in [1.54, 1.807) is 0 Å². The van der Waals surface area contributed by atoms with Crippen LogP contribution in [0.5, 0.6) is 0 Å². The smallest absolute Gasteiger partial charge is 0.217 e. The third-order valence-corrected chi connectivity index (χ3v) is 1.69. The molecule has 0 fully saturated rings. The molecule has 1 aliphatic rings. The minimum absolute atomic E-state index is 0.318. The molecule has 0 saturated heterocycles. The summed E-state index contributed by atoms with van der Waals surface area (Å²) < 4.78 is 0. The molecule has 1 aliphatic heterocycles. The average molecular weight is 152 g/mol. The number of hydrogen-bond acceptors (Lipinski definition) is 3. The Morgan fingerprint density at radius 3 is 3.18 bits per heavy atom. The molecule has 0 spiro atoms. The Hall–Kier alpha value is -1.04. The first-order chi connectivity index (χ1) is 5.36. The highest BCUT2D eigenvalue weighted by Gasteiger charge is 2.18. The molecule has 3 nitrogen and oxygen atoms in total. The average Bonchev–Trinajstić information content (AvgIpc) is 2.48. The molecule has 0 radical (unpaired) electrons. The summed E-state index contributed by atoms with van der Waals surface area (Å²) in [7, 11) is 0. The Balaban J connectivity index is 2.24. The highest BCUT2D eigenvalue weighted by Crippen LogP contribution is 2.13.